The highest BCUT2D eigenvalue weighted by Crippen LogP contribution is 2.30. The molecule has 100 valence electrons. The Morgan fingerprint density at radius 2 is 2.37 bits per heavy atom. The smallest absolute Gasteiger partial charge is 0.244 e. The second kappa shape index (κ2) is 6.15. The normalized spacial score (nSPS) is 13.7. The van der Waals surface area contributed by atoms with Gasteiger partial charge in [-0.05, 0) is 18.2 Å². The molecule has 0 spiro atoms. The van der Waals surface area contributed by atoms with Crippen molar-refractivity contribution in [2.45, 2.75) is 6.61 Å². The van der Waals surface area contributed by atoms with Crippen LogP contribution in [0.5, 0.6) is 5.75 Å². The maximum atomic E-state index is 13.4. The standard InChI is InChI=1S/C14H14FNO3/c1-2-5-16-13(17)4-3-10-6-12(15)7-11-8-18-9-19-14(10)11/h2-4,6-7H,1,5,8-9H2,(H,16,17). The van der Waals surface area contributed by atoms with Crippen LogP contribution in [0.25, 0.3) is 6.08 Å². The van der Waals surface area contributed by atoms with Gasteiger partial charge >= 0.3 is 0 Å². The molecule has 5 heteroatoms. The lowest BCUT2D eigenvalue weighted by molar-refractivity contribution is -0.116. The monoisotopic (exact) mass is 263 g/mol. The first-order valence-corrected chi connectivity index (χ1v) is 5.80. The first-order valence-electron chi connectivity index (χ1n) is 5.80. The summed E-state index contributed by atoms with van der Waals surface area (Å²) in [6.45, 7) is 4.31. The van der Waals surface area contributed by atoms with Gasteiger partial charge in [-0.25, -0.2) is 4.39 Å². The van der Waals surface area contributed by atoms with E-state index < -0.39 is 0 Å². The summed E-state index contributed by atoms with van der Waals surface area (Å²) in [6.07, 6.45) is 4.43. The number of hydrogen-bond acceptors (Lipinski definition) is 3. The first-order chi connectivity index (χ1) is 9.20. The fourth-order valence-corrected chi connectivity index (χ4v) is 1.73. The number of nitrogens with one attached hydrogen (secondary N) is 1. The lowest BCUT2D eigenvalue weighted by Gasteiger charge is -2.19. The summed E-state index contributed by atoms with van der Waals surface area (Å²) >= 11 is 0. The molecule has 0 bridgehead atoms. The summed E-state index contributed by atoms with van der Waals surface area (Å²) in [7, 11) is 0. The molecule has 19 heavy (non-hydrogen) atoms. The predicted octanol–water partition coefficient (Wildman–Crippen LogP) is 2.01. The SMILES string of the molecule is C=CCNC(=O)C=Cc1cc(F)cc2c1OCOC2. The number of ether oxygens (including phenoxy) is 2. The second-order valence-electron chi connectivity index (χ2n) is 3.96. The Balaban J connectivity index is 2.19. The quantitative estimate of drug-likeness (QED) is 0.667. The molecule has 1 aromatic carbocycles. The van der Waals surface area contributed by atoms with Crippen molar-refractivity contribution in [3.63, 3.8) is 0 Å². The maximum absolute atomic E-state index is 13.4. The van der Waals surface area contributed by atoms with E-state index in [-0.39, 0.29) is 18.5 Å². The Hall–Kier alpha value is -2.14. The molecular formula is C14H14FNO3. The third-order valence-electron chi connectivity index (χ3n) is 2.54. The van der Waals surface area contributed by atoms with Crippen molar-refractivity contribution in [1.82, 2.24) is 5.32 Å². The fourth-order valence-electron chi connectivity index (χ4n) is 1.73. The first kappa shape index (κ1) is 13.3. The fraction of sp³-hybridized carbons (Fsp3) is 0.214. The maximum Gasteiger partial charge on any atom is 0.244 e. The van der Waals surface area contributed by atoms with E-state index in [0.29, 0.717) is 30.0 Å². The van der Waals surface area contributed by atoms with Gasteiger partial charge in [0.1, 0.15) is 11.6 Å². The molecule has 0 saturated carbocycles. The van der Waals surface area contributed by atoms with Crippen LogP contribution in [0.2, 0.25) is 0 Å². The van der Waals surface area contributed by atoms with E-state index in [4.69, 9.17) is 9.47 Å². The van der Waals surface area contributed by atoms with Gasteiger partial charge in [0.15, 0.2) is 6.79 Å². The minimum atomic E-state index is -0.390. The average Bonchev–Trinajstić information content (AvgIpc) is 2.42. The average molecular weight is 263 g/mol. The van der Waals surface area contributed by atoms with Crippen LogP contribution in [-0.4, -0.2) is 19.2 Å². The minimum absolute atomic E-state index is 0.127. The van der Waals surface area contributed by atoms with Crippen LogP contribution >= 0.6 is 0 Å². The zero-order chi connectivity index (χ0) is 13.7. The molecule has 0 unspecified atom stereocenters. The molecule has 1 N–H and O–H groups in total. The zero-order valence-corrected chi connectivity index (χ0v) is 10.3. The van der Waals surface area contributed by atoms with E-state index >= 15 is 0 Å². The molecule has 2 rings (SSSR count). The predicted molar refractivity (Wildman–Crippen MR) is 68.9 cm³/mol. The Morgan fingerprint density at radius 3 is 3.16 bits per heavy atom. The van der Waals surface area contributed by atoms with Gasteiger partial charge < -0.3 is 14.8 Å². The van der Waals surface area contributed by atoms with Crippen LogP contribution in [0, 0.1) is 5.82 Å². The van der Waals surface area contributed by atoms with E-state index in [1.807, 2.05) is 0 Å². The van der Waals surface area contributed by atoms with Crippen LogP contribution in [0.15, 0.2) is 30.9 Å². The van der Waals surface area contributed by atoms with Crippen molar-refractivity contribution in [2.75, 3.05) is 13.3 Å². The lowest BCUT2D eigenvalue weighted by Crippen LogP contribution is -2.20. The Kier molecular flexibility index (Phi) is 4.30. The molecular weight excluding hydrogens is 249 g/mol. The number of rotatable bonds is 4. The van der Waals surface area contributed by atoms with E-state index in [1.54, 1.807) is 6.08 Å². The molecule has 0 radical (unpaired) electrons. The highest BCUT2D eigenvalue weighted by molar-refractivity contribution is 5.92. The van der Waals surface area contributed by atoms with Crippen LogP contribution in [-0.2, 0) is 16.1 Å². The van der Waals surface area contributed by atoms with Crippen LogP contribution in [0.4, 0.5) is 4.39 Å². The molecule has 4 nitrogen and oxygen atoms in total. The Labute approximate surface area is 110 Å². The van der Waals surface area contributed by atoms with Gasteiger partial charge in [0.2, 0.25) is 5.91 Å². The lowest BCUT2D eigenvalue weighted by atomic mass is 10.1. The van der Waals surface area contributed by atoms with Crippen molar-refractivity contribution < 1.29 is 18.7 Å². The van der Waals surface area contributed by atoms with Crippen molar-refractivity contribution in [1.29, 1.82) is 0 Å². The molecule has 1 amide bonds. The van der Waals surface area contributed by atoms with Crippen molar-refractivity contribution in [2.24, 2.45) is 0 Å². The van der Waals surface area contributed by atoms with E-state index in [1.165, 1.54) is 24.3 Å². The number of carbonyl (C=O) groups is 1. The van der Waals surface area contributed by atoms with Gasteiger partial charge in [-0.1, -0.05) is 6.08 Å². The number of carbonyl (C=O) groups excluding carboxylic acids is 1. The van der Waals surface area contributed by atoms with E-state index in [0.717, 1.165) is 0 Å². The van der Waals surface area contributed by atoms with E-state index in [2.05, 4.69) is 11.9 Å². The Morgan fingerprint density at radius 1 is 1.53 bits per heavy atom. The molecule has 0 atom stereocenters. The zero-order valence-electron chi connectivity index (χ0n) is 10.3. The number of benzene rings is 1. The molecule has 0 fully saturated rings. The third kappa shape index (κ3) is 3.42. The summed E-state index contributed by atoms with van der Waals surface area (Å²) in [4.78, 5) is 11.4. The van der Waals surface area contributed by atoms with Crippen LogP contribution in [0.3, 0.4) is 0 Å². The molecule has 1 aliphatic rings. The van der Waals surface area contributed by atoms with Crippen molar-refractivity contribution >= 4 is 12.0 Å². The van der Waals surface area contributed by atoms with Gasteiger partial charge in [0.25, 0.3) is 0 Å². The van der Waals surface area contributed by atoms with Gasteiger partial charge in [-0.3, -0.25) is 4.79 Å². The number of halogens is 1. The van der Waals surface area contributed by atoms with Crippen molar-refractivity contribution in [3.8, 4) is 5.75 Å². The number of hydrogen-bond donors (Lipinski definition) is 1. The summed E-state index contributed by atoms with van der Waals surface area (Å²) in [5.41, 5.74) is 1.16. The summed E-state index contributed by atoms with van der Waals surface area (Å²) in [6, 6.07) is 2.69. The number of fused-ring (bicyclic) bond motifs is 1. The van der Waals surface area contributed by atoms with Crippen molar-refractivity contribution in [3.05, 3.63) is 47.8 Å². The summed E-state index contributed by atoms with van der Waals surface area (Å²) in [5, 5.41) is 2.59. The van der Waals surface area contributed by atoms with Crippen LogP contribution in [0.1, 0.15) is 11.1 Å². The van der Waals surface area contributed by atoms with Gasteiger partial charge in [0.05, 0.1) is 6.61 Å². The largest absolute Gasteiger partial charge is 0.467 e. The number of amides is 1. The molecule has 0 aliphatic carbocycles. The van der Waals surface area contributed by atoms with Crippen LogP contribution < -0.4 is 10.1 Å². The van der Waals surface area contributed by atoms with E-state index in [9.17, 15) is 9.18 Å². The molecule has 1 aliphatic heterocycles. The summed E-state index contributed by atoms with van der Waals surface area (Å²) in [5.74, 6) is -0.107. The topological polar surface area (TPSA) is 47.6 Å². The minimum Gasteiger partial charge on any atom is -0.467 e. The van der Waals surface area contributed by atoms with Gasteiger partial charge in [-0.15, -0.1) is 6.58 Å². The Bertz CT molecular complexity index is 526. The second-order valence-corrected chi connectivity index (χ2v) is 3.96. The third-order valence-corrected chi connectivity index (χ3v) is 2.54. The highest BCUT2D eigenvalue weighted by Gasteiger charge is 2.15. The van der Waals surface area contributed by atoms with Gasteiger partial charge in [0, 0.05) is 23.7 Å². The van der Waals surface area contributed by atoms with Gasteiger partial charge in [-0.2, -0.15) is 0 Å². The molecule has 0 aromatic heterocycles. The highest BCUT2D eigenvalue weighted by atomic mass is 19.1. The molecule has 1 heterocycles. The summed E-state index contributed by atoms with van der Waals surface area (Å²) < 4.78 is 23.8. The molecule has 0 saturated heterocycles. The molecule has 1 aromatic rings.